The lowest BCUT2D eigenvalue weighted by atomic mass is 9.98. The van der Waals surface area contributed by atoms with E-state index in [0.29, 0.717) is 26.1 Å². The lowest BCUT2D eigenvalue weighted by molar-refractivity contribution is -0.149. The summed E-state index contributed by atoms with van der Waals surface area (Å²) in [4.78, 5) is 26.0. The monoisotopic (exact) mass is 355 g/mol. The first-order valence-electron chi connectivity index (χ1n) is 8.98. The Bertz CT molecular complexity index is 679. The van der Waals surface area contributed by atoms with Gasteiger partial charge in [0.05, 0.1) is 12.5 Å². The van der Waals surface area contributed by atoms with Gasteiger partial charge in [0.1, 0.15) is 11.6 Å². The zero-order chi connectivity index (χ0) is 18.8. The van der Waals surface area contributed by atoms with Gasteiger partial charge in [-0.2, -0.15) is 5.26 Å². The molecule has 1 aliphatic rings. The molecule has 1 aliphatic heterocycles. The molecule has 0 saturated carbocycles. The average molecular weight is 355 g/mol. The minimum Gasteiger partial charge on any atom is -0.466 e. The average Bonchev–Trinajstić information content (AvgIpc) is 2.67. The van der Waals surface area contributed by atoms with E-state index in [9.17, 15) is 14.9 Å². The molecule has 0 bridgehead atoms. The van der Waals surface area contributed by atoms with Gasteiger partial charge in [-0.25, -0.2) is 0 Å². The highest BCUT2D eigenvalue weighted by atomic mass is 16.5. The lowest BCUT2D eigenvalue weighted by Crippen LogP contribution is -2.37. The topological polar surface area (TPSA) is 82.4 Å². The summed E-state index contributed by atoms with van der Waals surface area (Å²) < 4.78 is 5.07. The molecule has 26 heavy (non-hydrogen) atoms. The van der Waals surface area contributed by atoms with Crippen LogP contribution in [0.25, 0.3) is 0 Å². The SMILES string of the molecule is CCOC(=O)C1CCCN(/C=C(/C#N)C(=O)NCCc2ccccc2)C1. The molecule has 1 aromatic carbocycles. The van der Waals surface area contributed by atoms with Crippen molar-refractivity contribution in [3.8, 4) is 6.07 Å². The molecule has 1 amide bonds. The second kappa shape index (κ2) is 10.2. The third-order valence-corrected chi connectivity index (χ3v) is 4.29. The molecular weight excluding hydrogens is 330 g/mol. The highest BCUT2D eigenvalue weighted by Gasteiger charge is 2.26. The molecule has 1 saturated heterocycles. The van der Waals surface area contributed by atoms with Crippen LogP contribution in [0, 0.1) is 17.2 Å². The van der Waals surface area contributed by atoms with Gasteiger partial charge in [-0.05, 0) is 31.7 Å². The number of nitrogens with zero attached hydrogens (tertiary/aromatic N) is 2. The van der Waals surface area contributed by atoms with Gasteiger partial charge >= 0.3 is 5.97 Å². The van der Waals surface area contributed by atoms with E-state index in [4.69, 9.17) is 4.74 Å². The van der Waals surface area contributed by atoms with Crippen LogP contribution in [0.1, 0.15) is 25.3 Å². The molecule has 1 heterocycles. The summed E-state index contributed by atoms with van der Waals surface area (Å²) in [5.74, 6) is -0.806. The van der Waals surface area contributed by atoms with Crippen molar-refractivity contribution in [2.24, 2.45) is 5.92 Å². The summed E-state index contributed by atoms with van der Waals surface area (Å²) in [6.45, 7) is 3.80. The minimum atomic E-state index is -0.387. The van der Waals surface area contributed by atoms with Crippen molar-refractivity contribution in [1.82, 2.24) is 10.2 Å². The number of nitrogens with one attached hydrogen (secondary N) is 1. The molecule has 1 fully saturated rings. The van der Waals surface area contributed by atoms with Gasteiger partial charge < -0.3 is 15.0 Å². The van der Waals surface area contributed by atoms with Gasteiger partial charge in [0, 0.05) is 25.8 Å². The van der Waals surface area contributed by atoms with Crippen molar-refractivity contribution in [2.45, 2.75) is 26.2 Å². The number of ether oxygens (including phenoxy) is 1. The first-order valence-corrected chi connectivity index (χ1v) is 8.98. The lowest BCUT2D eigenvalue weighted by Gasteiger charge is -2.30. The predicted octanol–water partition coefficient (Wildman–Crippen LogP) is 2.03. The van der Waals surface area contributed by atoms with E-state index >= 15 is 0 Å². The molecule has 1 N–H and O–H groups in total. The quantitative estimate of drug-likeness (QED) is 0.460. The molecule has 0 aliphatic carbocycles. The Labute approximate surface area is 154 Å². The zero-order valence-corrected chi connectivity index (χ0v) is 15.1. The maximum atomic E-state index is 12.2. The molecular formula is C20H25N3O3. The van der Waals surface area contributed by atoms with Crippen LogP contribution in [-0.4, -0.2) is 43.0 Å². The van der Waals surface area contributed by atoms with E-state index in [1.54, 1.807) is 13.1 Å². The normalized spacial score (nSPS) is 17.3. The molecule has 0 spiro atoms. The first kappa shape index (κ1) is 19.5. The largest absolute Gasteiger partial charge is 0.466 e. The summed E-state index contributed by atoms with van der Waals surface area (Å²) in [6.07, 6.45) is 3.87. The Hall–Kier alpha value is -2.81. The summed E-state index contributed by atoms with van der Waals surface area (Å²) in [5, 5.41) is 12.1. The number of carbonyl (C=O) groups excluding carboxylic acids is 2. The van der Waals surface area contributed by atoms with Crippen LogP contribution in [0.15, 0.2) is 42.1 Å². The van der Waals surface area contributed by atoms with Crippen LogP contribution in [0.3, 0.4) is 0 Å². The van der Waals surface area contributed by atoms with E-state index in [1.165, 1.54) is 0 Å². The molecule has 2 rings (SSSR count). The number of hydrogen-bond acceptors (Lipinski definition) is 5. The number of nitriles is 1. The fourth-order valence-corrected chi connectivity index (χ4v) is 2.96. The summed E-state index contributed by atoms with van der Waals surface area (Å²) in [7, 11) is 0. The van der Waals surface area contributed by atoms with Gasteiger partial charge in [0.15, 0.2) is 0 Å². The number of piperidine rings is 1. The molecule has 1 unspecified atom stereocenters. The van der Waals surface area contributed by atoms with Crippen molar-refractivity contribution >= 4 is 11.9 Å². The van der Waals surface area contributed by atoms with Crippen LogP contribution < -0.4 is 5.32 Å². The highest BCUT2D eigenvalue weighted by Crippen LogP contribution is 2.19. The number of esters is 1. The van der Waals surface area contributed by atoms with E-state index in [2.05, 4.69) is 5.32 Å². The maximum Gasteiger partial charge on any atom is 0.310 e. The number of rotatable bonds is 7. The van der Waals surface area contributed by atoms with Crippen LogP contribution in [0.4, 0.5) is 0 Å². The molecule has 1 aromatic rings. The molecule has 1 atom stereocenters. The van der Waals surface area contributed by atoms with Crippen molar-refractivity contribution in [1.29, 1.82) is 5.26 Å². The molecule has 0 radical (unpaired) electrons. The Kier molecular flexibility index (Phi) is 7.69. The number of amides is 1. The van der Waals surface area contributed by atoms with E-state index in [1.807, 2.05) is 41.3 Å². The van der Waals surface area contributed by atoms with Crippen molar-refractivity contribution in [2.75, 3.05) is 26.2 Å². The second-order valence-electron chi connectivity index (χ2n) is 6.23. The highest BCUT2D eigenvalue weighted by molar-refractivity contribution is 5.97. The maximum absolute atomic E-state index is 12.2. The number of hydrogen-bond donors (Lipinski definition) is 1. The van der Waals surface area contributed by atoms with Crippen LogP contribution in [0.5, 0.6) is 0 Å². The standard InChI is InChI=1S/C20H25N3O3/c1-2-26-20(25)17-9-6-12-23(14-17)15-18(13-21)19(24)22-11-10-16-7-4-3-5-8-16/h3-5,7-8,15,17H,2,6,9-12,14H2,1H3,(H,22,24)/b18-15-. The fourth-order valence-electron chi connectivity index (χ4n) is 2.96. The van der Waals surface area contributed by atoms with Gasteiger partial charge in [0.25, 0.3) is 5.91 Å². The van der Waals surface area contributed by atoms with E-state index in [-0.39, 0.29) is 23.4 Å². The third-order valence-electron chi connectivity index (χ3n) is 4.29. The summed E-state index contributed by atoms with van der Waals surface area (Å²) >= 11 is 0. The molecule has 138 valence electrons. The summed E-state index contributed by atoms with van der Waals surface area (Å²) in [5.41, 5.74) is 1.19. The van der Waals surface area contributed by atoms with Gasteiger partial charge in [0.2, 0.25) is 0 Å². The smallest absolute Gasteiger partial charge is 0.310 e. The van der Waals surface area contributed by atoms with E-state index in [0.717, 1.165) is 24.9 Å². The Morgan fingerprint density at radius 2 is 2.15 bits per heavy atom. The Morgan fingerprint density at radius 3 is 2.85 bits per heavy atom. The van der Waals surface area contributed by atoms with Crippen LogP contribution in [0.2, 0.25) is 0 Å². The van der Waals surface area contributed by atoms with Crippen LogP contribution in [-0.2, 0) is 20.7 Å². The van der Waals surface area contributed by atoms with E-state index < -0.39 is 0 Å². The van der Waals surface area contributed by atoms with Gasteiger partial charge in [-0.15, -0.1) is 0 Å². The zero-order valence-electron chi connectivity index (χ0n) is 15.1. The molecule has 0 aromatic heterocycles. The van der Waals surface area contributed by atoms with Gasteiger partial charge in [-0.1, -0.05) is 30.3 Å². The number of benzene rings is 1. The number of likely N-dealkylation sites (tertiary alicyclic amines) is 1. The number of carbonyl (C=O) groups is 2. The minimum absolute atomic E-state index is 0.0579. The Morgan fingerprint density at radius 1 is 1.38 bits per heavy atom. The van der Waals surface area contributed by atoms with Gasteiger partial charge in [-0.3, -0.25) is 9.59 Å². The fraction of sp³-hybridized carbons (Fsp3) is 0.450. The molecule has 6 nitrogen and oxygen atoms in total. The Balaban J connectivity index is 1.88. The third kappa shape index (κ3) is 5.92. The van der Waals surface area contributed by atoms with Crippen molar-refractivity contribution in [3.63, 3.8) is 0 Å². The predicted molar refractivity (Wildman–Crippen MR) is 97.8 cm³/mol. The van der Waals surface area contributed by atoms with Crippen molar-refractivity contribution in [3.05, 3.63) is 47.7 Å². The molecule has 6 heteroatoms. The summed E-state index contributed by atoms with van der Waals surface area (Å²) in [6, 6.07) is 11.8. The second-order valence-corrected chi connectivity index (χ2v) is 6.23. The van der Waals surface area contributed by atoms with Crippen LogP contribution >= 0.6 is 0 Å². The first-order chi connectivity index (χ1) is 12.6. The van der Waals surface area contributed by atoms with Crippen molar-refractivity contribution < 1.29 is 14.3 Å².